The minimum absolute atomic E-state index is 0.365. The third-order valence-electron chi connectivity index (χ3n) is 3.01. The van der Waals surface area contributed by atoms with Gasteiger partial charge in [-0.15, -0.1) is 11.3 Å². The molecule has 1 aromatic heterocycles. The lowest BCUT2D eigenvalue weighted by Gasteiger charge is -2.13. The fraction of sp³-hybridized carbons (Fsp3) is 0.400. The Morgan fingerprint density at radius 2 is 1.89 bits per heavy atom. The van der Waals surface area contributed by atoms with Crippen LogP contribution in [0.2, 0.25) is 0 Å². The van der Waals surface area contributed by atoms with Crippen molar-refractivity contribution < 1.29 is 0 Å². The van der Waals surface area contributed by atoms with E-state index in [-0.39, 0.29) is 0 Å². The summed E-state index contributed by atoms with van der Waals surface area (Å²) in [6, 6.07) is 10.6. The van der Waals surface area contributed by atoms with Gasteiger partial charge in [0.05, 0.1) is 10.7 Å². The van der Waals surface area contributed by atoms with Crippen molar-refractivity contribution in [2.24, 2.45) is 0 Å². The second-order valence-electron chi connectivity index (χ2n) is 4.65. The highest BCUT2D eigenvalue weighted by molar-refractivity contribution is 7.11. The van der Waals surface area contributed by atoms with Crippen LogP contribution in [0.5, 0.6) is 0 Å². The summed E-state index contributed by atoms with van der Waals surface area (Å²) >= 11 is 1.78. The normalized spacial score (nSPS) is 12.4. The lowest BCUT2D eigenvalue weighted by atomic mass is 10.2. The Kier molecular flexibility index (Phi) is 4.93. The van der Waals surface area contributed by atoms with E-state index in [4.69, 9.17) is 0 Å². The number of nitrogens with zero attached hydrogens (tertiary/aromatic N) is 1. The Bertz CT molecular complexity index is 507. The van der Waals surface area contributed by atoms with Crippen molar-refractivity contribution in [2.75, 3.05) is 18.4 Å². The number of nitrogens with one attached hydrogen (secondary N) is 2. The summed E-state index contributed by atoms with van der Waals surface area (Å²) < 4.78 is 0. The van der Waals surface area contributed by atoms with Crippen molar-refractivity contribution in [1.29, 1.82) is 0 Å². The number of para-hydroxylation sites is 1. The molecule has 4 heteroatoms. The monoisotopic (exact) mass is 275 g/mol. The highest BCUT2D eigenvalue weighted by Crippen LogP contribution is 2.24. The van der Waals surface area contributed by atoms with Crippen molar-refractivity contribution in [3.63, 3.8) is 0 Å². The largest absolute Gasteiger partial charge is 0.384 e. The van der Waals surface area contributed by atoms with E-state index in [9.17, 15) is 0 Å². The number of benzene rings is 1. The lowest BCUT2D eigenvalue weighted by Crippen LogP contribution is -2.25. The van der Waals surface area contributed by atoms with E-state index in [0.29, 0.717) is 6.04 Å². The van der Waals surface area contributed by atoms with Crippen molar-refractivity contribution in [3.8, 4) is 0 Å². The third kappa shape index (κ3) is 4.04. The zero-order valence-electron chi connectivity index (χ0n) is 11.7. The van der Waals surface area contributed by atoms with Crippen molar-refractivity contribution in [2.45, 2.75) is 26.8 Å². The molecule has 1 atom stereocenters. The van der Waals surface area contributed by atoms with E-state index in [1.54, 1.807) is 11.3 Å². The second kappa shape index (κ2) is 6.68. The summed E-state index contributed by atoms with van der Waals surface area (Å²) in [4.78, 5) is 5.82. The molecule has 0 bridgehead atoms. The molecule has 19 heavy (non-hydrogen) atoms. The highest BCUT2D eigenvalue weighted by Gasteiger charge is 2.11. The maximum Gasteiger partial charge on any atom is 0.0900 e. The van der Waals surface area contributed by atoms with Crippen molar-refractivity contribution >= 4 is 17.0 Å². The number of thiazole rings is 1. The first-order valence-corrected chi connectivity index (χ1v) is 7.44. The van der Waals surface area contributed by atoms with Gasteiger partial charge in [-0.05, 0) is 32.9 Å². The number of aryl methyl sites for hydroxylation is 2. The summed E-state index contributed by atoms with van der Waals surface area (Å²) in [5.74, 6) is 0. The van der Waals surface area contributed by atoms with Crippen LogP contribution in [-0.2, 0) is 0 Å². The topological polar surface area (TPSA) is 37.0 Å². The predicted octanol–water partition coefficient (Wildman–Crippen LogP) is 3.52. The van der Waals surface area contributed by atoms with Crippen LogP contribution in [-0.4, -0.2) is 18.1 Å². The first-order valence-electron chi connectivity index (χ1n) is 6.63. The summed E-state index contributed by atoms with van der Waals surface area (Å²) in [5.41, 5.74) is 2.32. The van der Waals surface area contributed by atoms with E-state index < -0.39 is 0 Å². The van der Waals surface area contributed by atoms with Crippen LogP contribution in [0.25, 0.3) is 0 Å². The average Bonchev–Trinajstić information content (AvgIpc) is 2.75. The summed E-state index contributed by atoms with van der Waals surface area (Å²) in [6.45, 7) is 8.20. The van der Waals surface area contributed by atoms with Gasteiger partial charge in [0.25, 0.3) is 0 Å². The highest BCUT2D eigenvalue weighted by atomic mass is 32.1. The molecule has 3 nitrogen and oxygen atoms in total. The molecule has 102 valence electrons. The average molecular weight is 275 g/mol. The maximum atomic E-state index is 4.47. The third-order valence-corrected chi connectivity index (χ3v) is 4.27. The van der Waals surface area contributed by atoms with Crippen LogP contribution in [0.1, 0.15) is 28.5 Å². The lowest BCUT2D eigenvalue weighted by molar-refractivity contribution is 0.593. The molecule has 0 aliphatic carbocycles. The van der Waals surface area contributed by atoms with Gasteiger partial charge in [0.2, 0.25) is 0 Å². The van der Waals surface area contributed by atoms with Crippen LogP contribution in [0, 0.1) is 13.8 Å². The fourth-order valence-corrected chi connectivity index (χ4v) is 3.05. The Morgan fingerprint density at radius 1 is 1.16 bits per heavy atom. The summed E-state index contributed by atoms with van der Waals surface area (Å²) in [6.07, 6.45) is 0. The smallest absolute Gasteiger partial charge is 0.0900 e. The Hall–Kier alpha value is -1.39. The van der Waals surface area contributed by atoms with Gasteiger partial charge in [0.1, 0.15) is 0 Å². The quantitative estimate of drug-likeness (QED) is 0.792. The van der Waals surface area contributed by atoms with Crippen LogP contribution in [0.15, 0.2) is 30.3 Å². The molecule has 0 spiro atoms. The van der Waals surface area contributed by atoms with Crippen LogP contribution in [0.4, 0.5) is 5.69 Å². The molecule has 0 aliphatic heterocycles. The van der Waals surface area contributed by atoms with E-state index in [0.717, 1.165) is 23.8 Å². The Balaban J connectivity index is 1.75. The van der Waals surface area contributed by atoms with E-state index in [1.807, 2.05) is 18.2 Å². The van der Waals surface area contributed by atoms with Crippen molar-refractivity contribution in [3.05, 3.63) is 45.9 Å². The number of rotatable bonds is 6. The van der Waals surface area contributed by atoms with Crippen LogP contribution >= 0.6 is 11.3 Å². The number of hydrogen-bond donors (Lipinski definition) is 2. The van der Waals surface area contributed by atoms with Gasteiger partial charge in [-0.2, -0.15) is 0 Å². The number of anilines is 1. The second-order valence-corrected chi connectivity index (χ2v) is 5.89. The first-order chi connectivity index (χ1) is 9.16. The zero-order chi connectivity index (χ0) is 13.7. The minimum Gasteiger partial charge on any atom is -0.384 e. The first kappa shape index (κ1) is 14.0. The molecule has 2 aromatic rings. The predicted molar refractivity (Wildman–Crippen MR) is 82.9 cm³/mol. The molecule has 0 fully saturated rings. The fourth-order valence-electron chi connectivity index (χ4n) is 2.09. The Morgan fingerprint density at radius 3 is 2.53 bits per heavy atom. The molecule has 1 heterocycles. The molecule has 0 amide bonds. The van der Waals surface area contributed by atoms with Gasteiger partial charge in [-0.1, -0.05) is 18.2 Å². The standard InChI is InChI=1S/C15H21N3S/c1-11(15-12(2)18-13(3)19-15)16-9-10-17-14-7-5-4-6-8-14/h4-8,11,16-17H,9-10H2,1-3H3. The van der Waals surface area contributed by atoms with E-state index in [1.165, 1.54) is 10.6 Å². The van der Waals surface area contributed by atoms with Gasteiger partial charge in [-0.25, -0.2) is 4.98 Å². The molecule has 0 saturated heterocycles. The molecule has 1 unspecified atom stereocenters. The molecule has 0 aliphatic rings. The zero-order valence-corrected chi connectivity index (χ0v) is 12.6. The van der Waals surface area contributed by atoms with Gasteiger partial charge in [0, 0.05) is 29.7 Å². The molecule has 2 N–H and O–H groups in total. The van der Waals surface area contributed by atoms with Crippen molar-refractivity contribution in [1.82, 2.24) is 10.3 Å². The maximum absolute atomic E-state index is 4.47. The molecule has 1 aromatic carbocycles. The van der Waals surface area contributed by atoms with Gasteiger partial charge in [-0.3, -0.25) is 0 Å². The number of aromatic nitrogens is 1. The molecular formula is C15H21N3S. The molecule has 2 rings (SSSR count). The van der Waals surface area contributed by atoms with Crippen LogP contribution in [0.3, 0.4) is 0 Å². The summed E-state index contributed by atoms with van der Waals surface area (Å²) in [7, 11) is 0. The SMILES string of the molecule is Cc1nc(C)c(C(C)NCCNc2ccccc2)s1. The molecule has 0 saturated carbocycles. The van der Waals surface area contributed by atoms with E-state index >= 15 is 0 Å². The molecule has 0 radical (unpaired) electrons. The number of hydrogen-bond acceptors (Lipinski definition) is 4. The molecular weight excluding hydrogens is 254 g/mol. The minimum atomic E-state index is 0.365. The summed E-state index contributed by atoms with van der Waals surface area (Å²) in [5, 5.41) is 8.07. The van der Waals surface area contributed by atoms with Gasteiger partial charge >= 0.3 is 0 Å². The van der Waals surface area contributed by atoms with Gasteiger partial charge in [0.15, 0.2) is 0 Å². The van der Waals surface area contributed by atoms with Gasteiger partial charge < -0.3 is 10.6 Å². The Labute approximate surface area is 119 Å². The van der Waals surface area contributed by atoms with E-state index in [2.05, 4.69) is 48.5 Å². The van der Waals surface area contributed by atoms with Crippen LogP contribution < -0.4 is 10.6 Å².